The number of thiophene rings is 1. The van der Waals surface area contributed by atoms with Gasteiger partial charge < -0.3 is 4.74 Å². The van der Waals surface area contributed by atoms with E-state index in [0.717, 1.165) is 26.1 Å². The summed E-state index contributed by atoms with van der Waals surface area (Å²) in [6.07, 6.45) is 2.36. The van der Waals surface area contributed by atoms with Crippen molar-refractivity contribution in [3.05, 3.63) is 35.2 Å². The minimum atomic E-state index is 0.206. The van der Waals surface area contributed by atoms with Crippen molar-refractivity contribution in [3.63, 3.8) is 0 Å². The quantitative estimate of drug-likeness (QED) is 0.845. The molecule has 94 valence electrons. The van der Waals surface area contributed by atoms with Crippen LogP contribution in [0.1, 0.15) is 18.4 Å². The number of rotatable bonds is 3. The van der Waals surface area contributed by atoms with E-state index in [1.54, 1.807) is 11.3 Å². The molecule has 3 rings (SSSR count). The van der Waals surface area contributed by atoms with Crippen molar-refractivity contribution < 1.29 is 9.53 Å². The third-order valence-corrected chi connectivity index (χ3v) is 4.61. The molecule has 1 aromatic heterocycles. The first-order valence-corrected chi connectivity index (χ1v) is 7.28. The molecular formula is C15H16O2S. The maximum Gasteiger partial charge on any atom is 0.140 e. The topological polar surface area (TPSA) is 26.3 Å². The summed E-state index contributed by atoms with van der Waals surface area (Å²) in [4.78, 5) is 12.3. The molecule has 1 aliphatic rings. The molecule has 2 nitrogen and oxygen atoms in total. The Morgan fingerprint density at radius 2 is 2.06 bits per heavy atom. The number of Topliss-reactive ketones (excluding diaryl/α,β-unsaturated/α-hetero) is 1. The van der Waals surface area contributed by atoms with E-state index in [1.807, 2.05) is 12.1 Å². The Morgan fingerprint density at radius 3 is 2.89 bits per heavy atom. The molecule has 1 aromatic carbocycles. The summed E-state index contributed by atoms with van der Waals surface area (Å²) in [5, 5.41) is 3.37. The van der Waals surface area contributed by atoms with E-state index < -0.39 is 0 Å². The van der Waals surface area contributed by atoms with Gasteiger partial charge in [-0.05, 0) is 35.2 Å². The summed E-state index contributed by atoms with van der Waals surface area (Å²) < 4.78 is 6.58. The molecular weight excluding hydrogens is 244 g/mol. The van der Waals surface area contributed by atoms with Crippen LogP contribution in [0.15, 0.2) is 29.6 Å². The van der Waals surface area contributed by atoms with Crippen LogP contribution in [0.4, 0.5) is 0 Å². The molecule has 0 aliphatic carbocycles. The first-order chi connectivity index (χ1) is 8.84. The zero-order chi connectivity index (χ0) is 12.4. The van der Waals surface area contributed by atoms with Gasteiger partial charge in [-0.25, -0.2) is 0 Å². The van der Waals surface area contributed by atoms with Gasteiger partial charge in [0, 0.05) is 30.3 Å². The number of fused-ring (bicyclic) bond motifs is 1. The van der Waals surface area contributed by atoms with Crippen LogP contribution in [-0.2, 0) is 16.0 Å². The molecule has 0 saturated carbocycles. The number of ketones is 1. The lowest BCUT2D eigenvalue weighted by Gasteiger charge is -2.20. The average Bonchev–Trinajstić information content (AvgIpc) is 2.83. The fourth-order valence-electron chi connectivity index (χ4n) is 2.52. The number of carbonyl (C=O) groups excluding carboxylic acids is 1. The highest BCUT2D eigenvalue weighted by molar-refractivity contribution is 7.17. The van der Waals surface area contributed by atoms with Crippen LogP contribution in [-0.4, -0.2) is 19.0 Å². The number of hydrogen-bond acceptors (Lipinski definition) is 3. The zero-order valence-corrected chi connectivity index (χ0v) is 11.0. The van der Waals surface area contributed by atoms with Crippen LogP contribution in [0.25, 0.3) is 10.1 Å². The monoisotopic (exact) mass is 260 g/mol. The van der Waals surface area contributed by atoms with Crippen LogP contribution in [0.2, 0.25) is 0 Å². The lowest BCUT2D eigenvalue weighted by molar-refractivity contribution is -0.124. The fraction of sp³-hybridized carbons (Fsp3) is 0.400. The van der Waals surface area contributed by atoms with Gasteiger partial charge in [0.15, 0.2) is 0 Å². The molecule has 2 aromatic rings. The molecule has 1 aliphatic heterocycles. The van der Waals surface area contributed by atoms with Crippen molar-refractivity contribution in [2.75, 3.05) is 13.2 Å². The number of ether oxygens (including phenoxy) is 1. The minimum absolute atomic E-state index is 0.206. The van der Waals surface area contributed by atoms with Crippen molar-refractivity contribution >= 4 is 27.2 Å². The predicted molar refractivity (Wildman–Crippen MR) is 74.1 cm³/mol. The second-order valence-electron chi connectivity index (χ2n) is 4.79. The first-order valence-electron chi connectivity index (χ1n) is 6.40. The maximum absolute atomic E-state index is 12.3. The Bertz CT molecular complexity index is 552. The molecule has 3 heteroatoms. The minimum Gasteiger partial charge on any atom is -0.381 e. The van der Waals surface area contributed by atoms with Crippen LogP contribution in [0.5, 0.6) is 0 Å². The Morgan fingerprint density at radius 1 is 1.28 bits per heavy atom. The molecule has 0 amide bonds. The largest absolute Gasteiger partial charge is 0.381 e. The molecule has 0 N–H and O–H groups in total. The molecule has 0 atom stereocenters. The summed E-state index contributed by atoms with van der Waals surface area (Å²) >= 11 is 1.73. The molecule has 0 bridgehead atoms. The van der Waals surface area contributed by atoms with Gasteiger partial charge in [-0.2, -0.15) is 0 Å². The first kappa shape index (κ1) is 11.9. The summed E-state index contributed by atoms with van der Waals surface area (Å²) in [6.45, 7) is 1.47. The van der Waals surface area contributed by atoms with Crippen LogP contribution in [0.3, 0.4) is 0 Å². The Balaban J connectivity index is 1.77. The van der Waals surface area contributed by atoms with Crippen molar-refractivity contribution in [2.24, 2.45) is 5.92 Å². The van der Waals surface area contributed by atoms with Gasteiger partial charge in [-0.3, -0.25) is 4.79 Å². The third-order valence-electron chi connectivity index (χ3n) is 3.60. The van der Waals surface area contributed by atoms with E-state index in [-0.39, 0.29) is 5.92 Å². The summed E-state index contributed by atoms with van der Waals surface area (Å²) in [7, 11) is 0. The van der Waals surface area contributed by atoms with Gasteiger partial charge in [0.1, 0.15) is 5.78 Å². The van der Waals surface area contributed by atoms with E-state index >= 15 is 0 Å². The van der Waals surface area contributed by atoms with Gasteiger partial charge in [-0.1, -0.05) is 18.2 Å². The van der Waals surface area contributed by atoms with Crippen molar-refractivity contribution in [1.82, 2.24) is 0 Å². The maximum atomic E-state index is 12.3. The van der Waals surface area contributed by atoms with Crippen molar-refractivity contribution in [2.45, 2.75) is 19.3 Å². The summed E-state index contributed by atoms with van der Waals surface area (Å²) in [5.41, 5.74) is 1.19. The molecule has 0 radical (unpaired) electrons. The third kappa shape index (κ3) is 2.33. The normalized spacial score (nSPS) is 17.1. The average molecular weight is 260 g/mol. The number of hydrogen-bond donors (Lipinski definition) is 0. The molecule has 0 spiro atoms. The highest BCUT2D eigenvalue weighted by Gasteiger charge is 2.22. The highest BCUT2D eigenvalue weighted by atomic mass is 32.1. The second-order valence-corrected chi connectivity index (χ2v) is 5.70. The second kappa shape index (κ2) is 5.21. The SMILES string of the molecule is O=C(Cc1csc2ccccc12)C1CCOCC1. The van der Waals surface area contributed by atoms with E-state index in [2.05, 4.69) is 17.5 Å². The van der Waals surface area contributed by atoms with Crippen LogP contribution < -0.4 is 0 Å². The van der Waals surface area contributed by atoms with Crippen molar-refractivity contribution in [3.8, 4) is 0 Å². The van der Waals surface area contributed by atoms with Gasteiger partial charge in [0.05, 0.1) is 0 Å². The molecule has 1 fully saturated rings. The highest BCUT2D eigenvalue weighted by Crippen LogP contribution is 2.27. The standard InChI is InChI=1S/C15H16O2S/c16-14(11-5-7-17-8-6-11)9-12-10-18-15-4-2-1-3-13(12)15/h1-4,10-11H,5-9H2. The summed E-state index contributed by atoms with van der Waals surface area (Å²) in [5.74, 6) is 0.583. The lowest BCUT2D eigenvalue weighted by Crippen LogP contribution is -2.24. The smallest absolute Gasteiger partial charge is 0.140 e. The lowest BCUT2D eigenvalue weighted by atomic mass is 9.91. The summed E-state index contributed by atoms with van der Waals surface area (Å²) in [6, 6.07) is 8.31. The Kier molecular flexibility index (Phi) is 3.43. The van der Waals surface area contributed by atoms with Gasteiger partial charge in [0.25, 0.3) is 0 Å². The van der Waals surface area contributed by atoms with Crippen LogP contribution in [0, 0.1) is 5.92 Å². The predicted octanol–water partition coefficient (Wildman–Crippen LogP) is 3.44. The van der Waals surface area contributed by atoms with Crippen LogP contribution >= 0.6 is 11.3 Å². The van der Waals surface area contributed by atoms with E-state index in [4.69, 9.17) is 4.74 Å². The van der Waals surface area contributed by atoms with E-state index in [1.165, 1.54) is 15.6 Å². The molecule has 1 saturated heterocycles. The van der Waals surface area contributed by atoms with Gasteiger partial charge >= 0.3 is 0 Å². The fourth-order valence-corrected chi connectivity index (χ4v) is 3.48. The Hall–Kier alpha value is -1.19. The number of benzene rings is 1. The van der Waals surface area contributed by atoms with Gasteiger partial charge in [0.2, 0.25) is 0 Å². The van der Waals surface area contributed by atoms with Gasteiger partial charge in [-0.15, -0.1) is 11.3 Å². The van der Waals surface area contributed by atoms with E-state index in [9.17, 15) is 4.79 Å². The molecule has 18 heavy (non-hydrogen) atoms. The Labute approximate surface area is 111 Å². The van der Waals surface area contributed by atoms with Crippen molar-refractivity contribution in [1.29, 1.82) is 0 Å². The zero-order valence-electron chi connectivity index (χ0n) is 10.2. The van der Waals surface area contributed by atoms with E-state index in [0.29, 0.717) is 12.2 Å². The molecule has 0 unspecified atom stereocenters. The number of carbonyl (C=O) groups is 1. The molecule has 2 heterocycles.